The molecule has 1 N–H and O–H groups in total. The zero-order valence-corrected chi connectivity index (χ0v) is 11.0. The van der Waals surface area contributed by atoms with Gasteiger partial charge >= 0.3 is 0 Å². The third-order valence-electron chi connectivity index (χ3n) is 2.58. The molecule has 2 heterocycles. The van der Waals surface area contributed by atoms with Crippen LogP contribution in [0.15, 0.2) is 54.2 Å². The fourth-order valence-electron chi connectivity index (χ4n) is 1.68. The topological polar surface area (TPSA) is 50.7 Å². The van der Waals surface area contributed by atoms with Crippen molar-refractivity contribution in [2.45, 2.75) is 6.54 Å². The van der Waals surface area contributed by atoms with E-state index in [4.69, 9.17) is 0 Å². The Hall–Kier alpha value is -2.27. The Morgan fingerprint density at radius 2 is 1.79 bits per heavy atom. The molecule has 0 aliphatic rings. The van der Waals surface area contributed by atoms with Gasteiger partial charge < -0.3 is 5.32 Å². The first kappa shape index (κ1) is 11.8. The highest BCUT2D eigenvalue weighted by molar-refractivity contribution is 7.09. The van der Waals surface area contributed by atoms with Crippen LogP contribution in [0.25, 0.3) is 11.3 Å². The largest absolute Gasteiger partial charge is 0.348 e. The smallest absolute Gasteiger partial charge is 0.222 e. The molecule has 1 aromatic carbocycles. The molecule has 3 aromatic rings. The van der Waals surface area contributed by atoms with Crippen molar-refractivity contribution in [3.05, 3.63) is 59.2 Å². The molecule has 0 amide bonds. The Morgan fingerprint density at radius 3 is 2.58 bits per heavy atom. The average molecular weight is 268 g/mol. The molecule has 0 bridgehead atoms. The van der Waals surface area contributed by atoms with E-state index in [2.05, 4.69) is 37.8 Å². The van der Waals surface area contributed by atoms with Crippen LogP contribution in [0.3, 0.4) is 0 Å². The maximum atomic E-state index is 4.60. The van der Waals surface area contributed by atoms with Crippen LogP contribution in [-0.2, 0) is 6.54 Å². The Bertz CT molecular complexity index is 637. The van der Waals surface area contributed by atoms with Crippen molar-refractivity contribution in [3.8, 4) is 11.3 Å². The van der Waals surface area contributed by atoms with E-state index in [1.165, 1.54) is 0 Å². The molecule has 19 heavy (non-hydrogen) atoms. The van der Waals surface area contributed by atoms with Crippen molar-refractivity contribution >= 4 is 17.3 Å². The monoisotopic (exact) mass is 268 g/mol. The highest BCUT2D eigenvalue weighted by atomic mass is 32.1. The summed E-state index contributed by atoms with van der Waals surface area (Å²) in [4.78, 5) is 12.8. The summed E-state index contributed by atoms with van der Waals surface area (Å²) in [5, 5.41) is 6.24. The van der Waals surface area contributed by atoms with Crippen LogP contribution in [0.1, 0.15) is 5.01 Å². The summed E-state index contributed by atoms with van der Waals surface area (Å²) in [6.07, 6.45) is 3.43. The zero-order valence-electron chi connectivity index (χ0n) is 10.2. The molecular formula is C14H12N4S. The second kappa shape index (κ2) is 5.58. The number of rotatable bonds is 4. The van der Waals surface area contributed by atoms with Crippen LogP contribution < -0.4 is 5.32 Å². The summed E-state index contributed by atoms with van der Waals surface area (Å²) in [7, 11) is 0. The van der Waals surface area contributed by atoms with Gasteiger partial charge in [0, 0.05) is 23.3 Å². The van der Waals surface area contributed by atoms with Crippen molar-refractivity contribution < 1.29 is 0 Å². The molecule has 5 heteroatoms. The number of aromatic nitrogens is 3. The first-order valence-corrected chi connectivity index (χ1v) is 6.80. The van der Waals surface area contributed by atoms with E-state index in [9.17, 15) is 0 Å². The fourth-order valence-corrected chi connectivity index (χ4v) is 2.42. The van der Waals surface area contributed by atoms with Crippen LogP contribution in [-0.4, -0.2) is 15.0 Å². The third kappa shape index (κ3) is 2.95. The zero-order chi connectivity index (χ0) is 12.9. The molecule has 0 saturated heterocycles. The minimum absolute atomic E-state index is 0.624. The first-order chi connectivity index (χ1) is 9.42. The molecule has 4 nitrogen and oxygen atoms in total. The number of hydrogen-bond acceptors (Lipinski definition) is 5. The summed E-state index contributed by atoms with van der Waals surface area (Å²) in [6.45, 7) is 0.640. The molecule has 0 radical (unpaired) electrons. The van der Waals surface area contributed by atoms with Gasteiger partial charge in [-0.1, -0.05) is 30.3 Å². The minimum Gasteiger partial charge on any atom is -0.348 e. The van der Waals surface area contributed by atoms with Gasteiger partial charge in [0.15, 0.2) is 0 Å². The lowest BCUT2D eigenvalue weighted by Crippen LogP contribution is -2.02. The maximum Gasteiger partial charge on any atom is 0.222 e. The van der Waals surface area contributed by atoms with Crippen LogP contribution in [0.2, 0.25) is 0 Å². The lowest BCUT2D eigenvalue weighted by Gasteiger charge is -2.00. The van der Waals surface area contributed by atoms with Crippen molar-refractivity contribution in [1.82, 2.24) is 15.0 Å². The summed E-state index contributed by atoms with van der Waals surface area (Å²) < 4.78 is 0. The predicted octanol–water partition coefficient (Wildman–Crippen LogP) is 3.21. The molecule has 94 valence electrons. The predicted molar refractivity (Wildman–Crippen MR) is 76.9 cm³/mol. The highest BCUT2D eigenvalue weighted by Crippen LogP contribution is 2.21. The van der Waals surface area contributed by atoms with E-state index in [0.29, 0.717) is 12.5 Å². The number of benzene rings is 1. The second-order valence-corrected chi connectivity index (χ2v) is 4.86. The van der Waals surface area contributed by atoms with Crippen LogP contribution in [0, 0.1) is 0 Å². The van der Waals surface area contributed by atoms with Crippen molar-refractivity contribution in [2.24, 2.45) is 0 Å². The van der Waals surface area contributed by atoms with Gasteiger partial charge in [0.2, 0.25) is 5.95 Å². The van der Waals surface area contributed by atoms with Crippen LogP contribution >= 0.6 is 11.3 Å². The number of nitrogens with one attached hydrogen (secondary N) is 1. The minimum atomic E-state index is 0.624. The van der Waals surface area contributed by atoms with E-state index in [-0.39, 0.29) is 0 Å². The summed E-state index contributed by atoms with van der Waals surface area (Å²) in [6, 6.07) is 12.0. The van der Waals surface area contributed by atoms with E-state index in [1.807, 2.05) is 18.2 Å². The Morgan fingerprint density at radius 1 is 1.00 bits per heavy atom. The van der Waals surface area contributed by atoms with Gasteiger partial charge in [-0.15, -0.1) is 11.3 Å². The molecule has 3 rings (SSSR count). The molecule has 0 aliphatic heterocycles. The van der Waals surface area contributed by atoms with Crippen molar-refractivity contribution in [1.29, 1.82) is 0 Å². The number of hydrogen-bond donors (Lipinski definition) is 1. The van der Waals surface area contributed by atoms with Gasteiger partial charge in [0.05, 0.1) is 12.2 Å². The Kier molecular flexibility index (Phi) is 3.47. The molecular weight excluding hydrogens is 256 g/mol. The van der Waals surface area contributed by atoms with E-state index in [1.54, 1.807) is 29.8 Å². The average Bonchev–Trinajstić information content (AvgIpc) is 2.96. The van der Waals surface area contributed by atoms with Crippen LogP contribution in [0.4, 0.5) is 5.95 Å². The molecule has 0 saturated carbocycles. The molecule has 0 spiro atoms. The van der Waals surface area contributed by atoms with Crippen LogP contribution in [0.5, 0.6) is 0 Å². The molecule has 2 aromatic heterocycles. The van der Waals surface area contributed by atoms with Crippen molar-refractivity contribution in [2.75, 3.05) is 5.32 Å². The van der Waals surface area contributed by atoms with Gasteiger partial charge in [-0.25, -0.2) is 15.0 Å². The summed E-state index contributed by atoms with van der Waals surface area (Å²) in [5.74, 6) is 0.624. The second-order valence-electron chi connectivity index (χ2n) is 3.92. The molecule has 0 atom stereocenters. The lowest BCUT2D eigenvalue weighted by molar-refractivity contribution is 1.04. The summed E-state index contributed by atoms with van der Waals surface area (Å²) >= 11 is 1.63. The fraction of sp³-hybridized carbons (Fsp3) is 0.0714. The number of thiazole rings is 1. The Labute approximate surface area is 115 Å². The van der Waals surface area contributed by atoms with Gasteiger partial charge in [0.1, 0.15) is 5.01 Å². The summed E-state index contributed by atoms with van der Waals surface area (Å²) in [5.41, 5.74) is 2.15. The third-order valence-corrected chi connectivity index (χ3v) is 3.43. The highest BCUT2D eigenvalue weighted by Gasteiger charge is 2.04. The van der Waals surface area contributed by atoms with Gasteiger partial charge in [-0.2, -0.15) is 0 Å². The van der Waals surface area contributed by atoms with Gasteiger partial charge in [-0.3, -0.25) is 0 Å². The van der Waals surface area contributed by atoms with Crippen molar-refractivity contribution in [3.63, 3.8) is 0 Å². The van der Waals surface area contributed by atoms with E-state index >= 15 is 0 Å². The normalized spacial score (nSPS) is 10.3. The lowest BCUT2D eigenvalue weighted by atomic mass is 10.2. The van der Waals surface area contributed by atoms with Gasteiger partial charge in [-0.05, 0) is 6.07 Å². The standard InChI is InChI=1S/C14H12N4S/c1-2-5-11(6-3-1)12-10-19-13(18-12)9-17-14-15-7-4-8-16-14/h1-8,10H,9H2,(H,15,16,17). The quantitative estimate of drug-likeness (QED) is 0.789. The van der Waals surface area contributed by atoms with E-state index in [0.717, 1.165) is 16.3 Å². The number of nitrogens with zero attached hydrogens (tertiary/aromatic N) is 3. The van der Waals surface area contributed by atoms with E-state index < -0.39 is 0 Å². The first-order valence-electron chi connectivity index (χ1n) is 5.92. The molecule has 0 fully saturated rings. The molecule has 0 aliphatic carbocycles. The molecule has 0 unspecified atom stereocenters. The van der Waals surface area contributed by atoms with Gasteiger partial charge in [0.25, 0.3) is 0 Å². The SMILES string of the molecule is c1ccc(-c2csc(CNc3ncccn3)n2)cc1. The Balaban J connectivity index is 1.69. The number of anilines is 1. The maximum absolute atomic E-state index is 4.60.